The molecular formula is C54H48Cl2SiZr. The van der Waals surface area contributed by atoms with E-state index in [0.717, 1.165) is 25.7 Å². The summed E-state index contributed by atoms with van der Waals surface area (Å²) >= 11 is -5.03. The fourth-order valence-corrected chi connectivity index (χ4v) is 39.9. The molecule has 58 heavy (non-hydrogen) atoms. The Hall–Kier alpha value is -4.04. The first-order valence-electron chi connectivity index (χ1n) is 21.1. The van der Waals surface area contributed by atoms with Gasteiger partial charge in [0.05, 0.1) is 0 Å². The topological polar surface area (TPSA) is 0 Å². The van der Waals surface area contributed by atoms with E-state index in [-0.39, 0.29) is 7.25 Å². The van der Waals surface area contributed by atoms with E-state index in [0.29, 0.717) is 0 Å². The van der Waals surface area contributed by atoms with Crippen molar-refractivity contribution in [2.45, 2.75) is 59.9 Å². The molecule has 0 spiro atoms. The van der Waals surface area contributed by atoms with E-state index < -0.39 is 20.4 Å². The first kappa shape index (κ1) is 38.2. The van der Waals surface area contributed by atoms with Crippen LogP contribution >= 0.6 is 17.0 Å². The van der Waals surface area contributed by atoms with Gasteiger partial charge in [-0.15, -0.1) is 0 Å². The van der Waals surface area contributed by atoms with Gasteiger partial charge in [0.15, 0.2) is 0 Å². The van der Waals surface area contributed by atoms with Gasteiger partial charge in [-0.3, -0.25) is 0 Å². The van der Waals surface area contributed by atoms with Crippen molar-refractivity contribution < 1.29 is 15.0 Å². The molecule has 4 heteroatoms. The standard InChI is InChI=1S/2C26H21.C2H6Si.2ClH.Zr/c2*1-2-7-18-14-21-10-5-12-23(25(21)15-18)24-13-6-11-22-16-19-8-3-4-9-20(19)17-26(22)24;1-3-2;;;/h2*3-6,8-17H,2,7H2,1H3;1-2H3;2*1H;/q;;;;;+2/p-2. The molecule has 0 fully saturated rings. The number of benzene rings is 8. The van der Waals surface area contributed by atoms with E-state index in [1.165, 1.54) is 98.7 Å². The van der Waals surface area contributed by atoms with Gasteiger partial charge in [0.2, 0.25) is 0 Å². The molecule has 0 radical (unpaired) electrons. The summed E-state index contributed by atoms with van der Waals surface area (Å²) in [6.07, 6.45) is 9.15. The van der Waals surface area contributed by atoms with Gasteiger partial charge in [0.1, 0.15) is 0 Å². The van der Waals surface area contributed by atoms with E-state index in [1.807, 2.05) is 0 Å². The number of allylic oxidation sites excluding steroid dienone is 2. The molecule has 2 unspecified atom stereocenters. The van der Waals surface area contributed by atoms with Crippen LogP contribution in [0.5, 0.6) is 0 Å². The Morgan fingerprint density at radius 1 is 0.448 bits per heavy atom. The average molecular weight is 887 g/mol. The van der Waals surface area contributed by atoms with Crippen molar-refractivity contribution in [3.05, 3.63) is 179 Å². The third kappa shape index (κ3) is 5.84. The minimum atomic E-state index is -5.03. The van der Waals surface area contributed by atoms with Crippen LogP contribution in [0.1, 0.15) is 69.0 Å². The molecule has 286 valence electrons. The number of hydrogen-bond acceptors (Lipinski definition) is 0. The summed E-state index contributed by atoms with van der Waals surface area (Å²) in [6.45, 7) is 9.50. The van der Waals surface area contributed by atoms with E-state index in [1.54, 1.807) is 0 Å². The Kier molecular flexibility index (Phi) is 9.61. The van der Waals surface area contributed by atoms with Crippen molar-refractivity contribution in [1.82, 2.24) is 0 Å². The summed E-state index contributed by atoms with van der Waals surface area (Å²) in [7, 11) is 17.8. The molecule has 10 rings (SSSR count). The predicted octanol–water partition coefficient (Wildman–Crippen LogP) is 17.1. The Balaban J connectivity index is 1.18. The molecule has 0 aromatic heterocycles. The van der Waals surface area contributed by atoms with Crippen LogP contribution in [0.2, 0.25) is 13.1 Å². The summed E-state index contributed by atoms with van der Waals surface area (Å²) in [5.74, 6) is 0. The second-order valence-electron chi connectivity index (χ2n) is 17.0. The number of rotatable bonds is 8. The van der Waals surface area contributed by atoms with Crippen molar-refractivity contribution >= 4 is 77.7 Å². The molecule has 0 N–H and O–H groups in total. The molecule has 8 aromatic rings. The number of hydrogen-bond donors (Lipinski definition) is 0. The summed E-state index contributed by atoms with van der Waals surface area (Å²) < 4.78 is 0.0892. The Morgan fingerprint density at radius 2 is 0.810 bits per heavy atom. The zero-order valence-electron chi connectivity index (χ0n) is 33.8. The van der Waals surface area contributed by atoms with Crippen LogP contribution in [-0.2, 0) is 15.0 Å². The predicted molar refractivity (Wildman–Crippen MR) is 254 cm³/mol. The van der Waals surface area contributed by atoms with Gasteiger partial charge in [-0.05, 0) is 0 Å². The molecule has 0 heterocycles. The minimum absolute atomic E-state index is 0.0446. The zero-order chi connectivity index (χ0) is 39.8. The Labute approximate surface area is 351 Å². The van der Waals surface area contributed by atoms with E-state index in [4.69, 9.17) is 17.0 Å². The number of halogens is 2. The van der Waals surface area contributed by atoms with E-state index in [9.17, 15) is 0 Å². The first-order chi connectivity index (χ1) is 28.2. The van der Waals surface area contributed by atoms with E-state index in [2.05, 4.69) is 185 Å². The van der Waals surface area contributed by atoms with Gasteiger partial charge >= 0.3 is 354 Å². The van der Waals surface area contributed by atoms with Crippen molar-refractivity contribution in [2.75, 3.05) is 0 Å². The molecule has 2 aliphatic rings. The molecule has 0 aliphatic heterocycles. The average Bonchev–Trinajstić information content (AvgIpc) is 3.81. The van der Waals surface area contributed by atoms with Crippen LogP contribution < -0.4 is 0 Å². The Morgan fingerprint density at radius 3 is 1.21 bits per heavy atom. The van der Waals surface area contributed by atoms with Crippen LogP contribution in [0.25, 0.3) is 77.5 Å². The SMILES string of the molecule is CCCC1=Cc2c(-c3cccc4cc5ccccc5cc34)cccc2[CH]1[Zr]([Cl])([Cl])([CH]1C(CCC)=Cc2c(-c3cccc4cc5ccccc5cc34)cccc21)=[Si](C)C. The summed E-state index contributed by atoms with van der Waals surface area (Å²) in [5, 5.41) is 10.2. The molecule has 0 bridgehead atoms. The molecule has 2 aliphatic carbocycles. The van der Waals surface area contributed by atoms with Crippen molar-refractivity contribution in [3.8, 4) is 22.3 Å². The normalized spacial score (nSPS) is 16.5. The van der Waals surface area contributed by atoms with Crippen molar-refractivity contribution in [2.24, 2.45) is 0 Å². The molecule has 0 saturated carbocycles. The van der Waals surface area contributed by atoms with Crippen molar-refractivity contribution in [1.29, 1.82) is 0 Å². The van der Waals surface area contributed by atoms with Crippen LogP contribution in [-0.4, -0.2) is 5.43 Å². The van der Waals surface area contributed by atoms with Crippen LogP contribution in [0.15, 0.2) is 157 Å². The fraction of sp³-hybridized carbons (Fsp3) is 0.185. The fourth-order valence-electron chi connectivity index (χ4n) is 10.8. The second-order valence-corrected chi connectivity index (χ2v) is 55.8. The summed E-state index contributed by atoms with van der Waals surface area (Å²) in [5.41, 5.74) is 12.1. The summed E-state index contributed by atoms with van der Waals surface area (Å²) in [6, 6.07) is 54.3. The molecular weight excluding hydrogens is 839 g/mol. The molecule has 0 nitrogen and oxygen atoms in total. The summed E-state index contributed by atoms with van der Waals surface area (Å²) in [4.78, 5) is 0. The zero-order valence-corrected chi connectivity index (χ0v) is 38.7. The second kappa shape index (κ2) is 14.6. The quantitative estimate of drug-likeness (QED) is 0.105. The molecule has 0 amide bonds. The Bertz CT molecular complexity index is 2940. The third-order valence-electron chi connectivity index (χ3n) is 13.5. The van der Waals surface area contributed by atoms with Gasteiger partial charge < -0.3 is 0 Å². The maximum atomic E-state index is 8.91. The monoisotopic (exact) mass is 884 g/mol. The first-order valence-corrected chi connectivity index (χ1v) is 36.4. The van der Waals surface area contributed by atoms with Gasteiger partial charge in [-0.25, -0.2) is 0 Å². The van der Waals surface area contributed by atoms with Gasteiger partial charge in [-0.1, -0.05) is 0 Å². The molecule has 2 atom stereocenters. The van der Waals surface area contributed by atoms with Crippen LogP contribution in [0.4, 0.5) is 0 Å². The molecule has 0 saturated heterocycles. The molecule has 8 aromatic carbocycles. The maximum absolute atomic E-state index is 8.91. The van der Waals surface area contributed by atoms with E-state index >= 15 is 0 Å². The van der Waals surface area contributed by atoms with Crippen molar-refractivity contribution in [3.63, 3.8) is 0 Å². The van der Waals surface area contributed by atoms with Crippen LogP contribution in [0, 0.1) is 0 Å². The van der Waals surface area contributed by atoms with Gasteiger partial charge in [0.25, 0.3) is 0 Å². The third-order valence-corrected chi connectivity index (χ3v) is 60.0. The number of fused-ring (bicyclic) bond motifs is 6. The van der Waals surface area contributed by atoms with Gasteiger partial charge in [0, 0.05) is 0 Å². The van der Waals surface area contributed by atoms with Crippen LogP contribution in [0.3, 0.4) is 0 Å². The van der Waals surface area contributed by atoms with Gasteiger partial charge in [-0.2, -0.15) is 0 Å².